The van der Waals surface area contributed by atoms with Gasteiger partial charge in [-0.15, -0.1) is 0 Å². The number of amides is 1. The first-order chi connectivity index (χ1) is 15.3. The Morgan fingerprint density at radius 3 is 2.91 bits per heavy atom. The summed E-state index contributed by atoms with van der Waals surface area (Å²) in [4.78, 5) is 22.9. The van der Waals surface area contributed by atoms with E-state index in [1.54, 1.807) is 29.4 Å². The maximum absolute atomic E-state index is 12.2. The summed E-state index contributed by atoms with van der Waals surface area (Å²) in [6.07, 6.45) is 5.95. The molecule has 1 aliphatic heterocycles. The van der Waals surface area contributed by atoms with Gasteiger partial charge in [0.2, 0.25) is 0 Å². The van der Waals surface area contributed by atoms with E-state index in [0.29, 0.717) is 36.8 Å². The van der Waals surface area contributed by atoms with Crippen molar-refractivity contribution in [1.29, 1.82) is 5.26 Å². The number of hydrogen-bond acceptors (Lipinski definition) is 7. The van der Waals surface area contributed by atoms with E-state index in [2.05, 4.69) is 26.7 Å². The molecule has 1 aliphatic rings. The number of pyridine rings is 2. The summed E-state index contributed by atoms with van der Waals surface area (Å²) >= 11 is 0. The molecule has 1 atom stereocenters. The Balaban J connectivity index is 1.33. The van der Waals surface area contributed by atoms with E-state index >= 15 is 0 Å². The van der Waals surface area contributed by atoms with E-state index < -0.39 is 5.60 Å². The number of rotatable bonds is 5. The average molecular weight is 434 g/mol. The van der Waals surface area contributed by atoms with Crippen LogP contribution in [0.3, 0.4) is 0 Å². The standard InChI is InChI=1S/C23H27N7O2/c1-23(2,3)32-22(31)29-9-7-18(14-29)26-12-16-6-8-25-19(10-16)27-20-15-30-13-17(11-24)4-5-21(30)28-20/h4-6,8,10,13,15,18,26H,7,9,12,14H2,1-3H3,(H,25,27)/t18-/m0/s1. The monoisotopic (exact) mass is 433 g/mol. The number of carbonyl (C=O) groups excluding carboxylic acids is 1. The molecule has 166 valence electrons. The minimum atomic E-state index is -0.484. The van der Waals surface area contributed by atoms with Gasteiger partial charge in [0.05, 0.1) is 11.8 Å². The fraction of sp³-hybridized carbons (Fsp3) is 0.391. The second kappa shape index (κ2) is 8.85. The van der Waals surface area contributed by atoms with Gasteiger partial charge in [0, 0.05) is 38.1 Å². The number of imidazole rings is 1. The second-order valence-electron chi connectivity index (χ2n) is 8.89. The molecule has 3 aromatic heterocycles. The third-order valence-electron chi connectivity index (χ3n) is 5.10. The van der Waals surface area contributed by atoms with Crippen LogP contribution in [-0.4, -0.2) is 50.1 Å². The van der Waals surface area contributed by atoms with Crippen LogP contribution < -0.4 is 10.6 Å². The van der Waals surface area contributed by atoms with Gasteiger partial charge >= 0.3 is 6.09 Å². The minimum Gasteiger partial charge on any atom is -0.444 e. The number of carbonyl (C=O) groups is 1. The molecule has 0 bridgehead atoms. The van der Waals surface area contributed by atoms with Gasteiger partial charge in [0.1, 0.15) is 23.1 Å². The highest BCUT2D eigenvalue weighted by molar-refractivity contribution is 5.68. The summed E-state index contributed by atoms with van der Waals surface area (Å²) in [5.74, 6) is 1.34. The number of anilines is 2. The van der Waals surface area contributed by atoms with Crippen molar-refractivity contribution in [3.05, 3.63) is 54.0 Å². The third-order valence-corrected chi connectivity index (χ3v) is 5.10. The topological polar surface area (TPSA) is 108 Å². The van der Waals surface area contributed by atoms with Crippen LogP contribution in [0.5, 0.6) is 0 Å². The Morgan fingerprint density at radius 2 is 2.12 bits per heavy atom. The van der Waals surface area contributed by atoms with Crippen molar-refractivity contribution in [3.63, 3.8) is 0 Å². The zero-order chi connectivity index (χ0) is 22.7. The molecule has 1 amide bonds. The van der Waals surface area contributed by atoms with E-state index in [1.807, 2.05) is 43.5 Å². The number of aromatic nitrogens is 3. The molecule has 1 fully saturated rings. The molecule has 0 aromatic carbocycles. The number of nitrogens with zero attached hydrogens (tertiary/aromatic N) is 5. The maximum atomic E-state index is 12.2. The van der Waals surface area contributed by atoms with Gasteiger partial charge in [-0.1, -0.05) is 0 Å². The van der Waals surface area contributed by atoms with E-state index in [1.165, 1.54) is 0 Å². The first-order valence-electron chi connectivity index (χ1n) is 10.6. The lowest BCUT2D eigenvalue weighted by Gasteiger charge is -2.24. The summed E-state index contributed by atoms with van der Waals surface area (Å²) in [6, 6.07) is 9.82. The zero-order valence-electron chi connectivity index (χ0n) is 18.5. The quantitative estimate of drug-likeness (QED) is 0.634. The molecule has 0 aliphatic carbocycles. The summed E-state index contributed by atoms with van der Waals surface area (Å²) in [5, 5.41) is 15.8. The van der Waals surface area contributed by atoms with Crippen molar-refractivity contribution in [2.24, 2.45) is 0 Å². The van der Waals surface area contributed by atoms with Crippen LogP contribution in [0.15, 0.2) is 42.9 Å². The molecule has 0 unspecified atom stereocenters. The largest absolute Gasteiger partial charge is 0.444 e. The fourth-order valence-electron chi connectivity index (χ4n) is 3.58. The first-order valence-corrected chi connectivity index (χ1v) is 10.6. The molecule has 4 heterocycles. The van der Waals surface area contributed by atoms with Gasteiger partial charge in [-0.3, -0.25) is 0 Å². The molecule has 2 N–H and O–H groups in total. The number of nitriles is 1. The second-order valence-corrected chi connectivity index (χ2v) is 8.89. The van der Waals surface area contributed by atoms with Crippen molar-refractivity contribution in [3.8, 4) is 6.07 Å². The normalized spacial score (nSPS) is 16.2. The molecule has 0 radical (unpaired) electrons. The van der Waals surface area contributed by atoms with Crippen molar-refractivity contribution in [2.45, 2.75) is 45.4 Å². The highest BCUT2D eigenvalue weighted by Gasteiger charge is 2.29. The Morgan fingerprint density at radius 1 is 1.28 bits per heavy atom. The minimum absolute atomic E-state index is 0.222. The maximum Gasteiger partial charge on any atom is 0.410 e. The van der Waals surface area contributed by atoms with Crippen LogP contribution in [0.2, 0.25) is 0 Å². The fourth-order valence-corrected chi connectivity index (χ4v) is 3.58. The third kappa shape index (κ3) is 5.34. The molecule has 0 spiro atoms. The molecule has 3 aromatic rings. The molecule has 32 heavy (non-hydrogen) atoms. The van der Waals surface area contributed by atoms with Gasteiger partial charge in [-0.05, 0) is 57.0 Å². The first kappa shape index (κ1) is 21.6. The predicted molar refractivity (Wildman–Crippen MR) is 120 cm³/mol. The summed E-state index contributed by atoms with van der Waals surface area (Å²) in [6.45, 7) is 7.62. The highest BCUT2D eigenvalue weighted by atomic mass is 16.6. The molecule has 1 saturated heterocycles. The van der Waals surface area contributed by atoms with E-state index in [9.17, 15) is 4.79 Å². The van der Waals surface area contributed by atoms with Crippen molar-refractivity contribution < 1.29 is 9.53 Å². The van der Waals surface area contributed by atoms with Gasteiger partial charge in [-0.2, -0.15) is 5.26 Å². The predicted octanol–water partition coefficient (Wildman–Crippen LogP) is 3.44. The van der Waals surface area contributed by atoms with E-state index in [0.717, 1.165) is 17.6 Å². The zero-order valence-corrected chi connectivity index (χ0v) is 18.5. The summed E-state index contributed by atoms with van der Waals surface area (Å²) < 4.78 is 7.27. The van der Waals surface area contributed by atoms with Gasteiger partial charge in [0.15, 0.2) is 5.82 Å². The Bertz CT molecular complexity index is 1160. The lowest BCUT2D eigenvalue weighted by Crippen LogP contribution is -2.38. The summed E-state index contributed by atoms with van der Waals surface area (Å²) in [5.41, 5.74) is 1.92. The number of ether oxygens (including phenoxy) is 1. The van der Waals surface area contributed by atoms with Crippen LogP contribution in [0, 0.1) is 11.3 Å². The molecule has 9 nitrogen and oxygen atoms in total. The Labute approximate surface area is 187 Å². The molecule has 4 rings (SSSR count). The van der Waals surface area contributed by atoms with Crippen molar-refractivity contribution >= 4 is 23.4 Å². The number of nitrogens with one attached hydrogen (secondary N) is 2. The van der Waals surface area contributed by atoms with Gasteiger partial charge in [0.25, 0.3) is 0 Å². The van der Waals surface area contributed by atoms with Crippen LogP contribution >= 0.6 is 0 Å². The SMILES string of the molecule is CC(C)(C)OC(=O)N1CC[C@H](NCc2ccnc(Nc3cn4cc(C#N)ccc4n3)c2)C1. The molecular formula is C23H27N7O2. The van der Waals surface area contributed by atoms with Gasteiger partial charge < -0.3 is 24.7 Å². The van der Waals surface area contributed by atoms with Crippen molar-refractivity contribution in [1.82, 2.24) is 24.6 Å². The number of likely N-dealkylation sites (tertiary alicyclic amines) is 1. The highest BCUT2D eigenvalue weighted by Crippen LogP contribution is 2.18. The smallest absolute Gasteiger partial charge is 0.410 e. The van der Waals surface area contributed by atoms with Crippen LogP contribution in [0.4, 0.5) is 16.4 Å². The summed E-state index contributed by atoms with van der Waals surface area (Å²) in [7, 11) is 0. The number of hydrogen-bond donors (Lipinski definition) is 2. The van der Waals surface area contributed by atoms with Crippen LogP contribution in [0.1, 0.15) is 38.3 Å². The van der Waals surface area contributed by atoms with Crippen molar-refractivity contribution in [2.75, 3.05) is 18.4 Å². The molecule has 0 saturated carbocycles. The lowest BCUT2D eigenvalue weighted by atomic mass is 10.2. The average Bonchev–Trinajstić information content (AvgIpc) is 3.37. The van der Waals surface area contributed by atoms with E-state index in [4.69, 9.17) is 10.00 Å². The molecular weight excluding hydrogens is 406 g/mol. The van der Waals surface area contributed by atoms with Crippen LogP contribution in [0.25, 0.3) is 5.65 Å². The molecule has 9 heteroatoms. The number of fused-ring (bicyclic) bond motifs is 1. The Kier molecular flexibility index (Phi) is 5.97. The van der Waals surface area contributed by atoms with E-state index in [-0.39, 0.29) is 12.1 Å². The van der Waals surface area contributed by atoms with Gasteiger partial charge in [-0.25, -0.2) is 14.8 Å². The van der Waals surface area contributed by atoms with Crippen LogP contribution in [-0.2, 0) is 11.3 Å². The lowest BCUT2D eigenvalue weighted by molar-refractivity contribution is 0.0291. The Hall–Kier alpha value is -3.64.